The van der Waals surface area contributed by atoms with Crippen molar-refractivity contribution in [3.05, 3.63) is 60.2 Å². The van der Waals surface area contributed by atoms with Gasteiger partial charge < -0.3 is 15.2 Å². The zero-order chi connectivity index (χ0) is 19.2. The molecule has 0 atom stereocenters. The monoisotopic (exact) mass is 381 g/mol. The summed E-state index contributed by atoms with van der Waals surface area (Å²) in [6.45, 7) is 0. The zero-order valence-electron chi connectivity index (χ0n) is 15.0. The van der Waals surface area contributed by atoms with Crippen LogP contribution >= 0.6 is 11.8 Å². The molecule has 2 N–H and O–H groups in total. The van der Waals surface area contributed by atoms with Crippen molar-refractivity contribution in [3.63, 3.8) is 0 Å². The van der Waals surface area contributed by atoms with Crippen molar-refractivity contribution in [3.8, 4) is 11.4 Å². The first-order valence-corrected chi connectivity index (χ1v) is 9.26. The second kappa shape index (κ2) is 8.50. The molecule has 0 saturated carbocycles. The van der Waals surface area contributed by atoms with Crippen molar-refractivity contribution in [2.75, 3.05) is 18.1 Å². The van der Waals surface area contributed by atoms with Crippen molar-refractivity contribution in [1.29, 1.82) is 0 Å². The van der Waals surface area contributed by atoms with Gasteiger partial charge in [0.2, 0.25) is 5.91 Å². The number of carbonyl (C=O) groups excluding carboxylic acids is 2. The van der Waals surface area contributed by atoms with Crippen LogP contribution in [0.3, 0.4) is 0 Å². The quantitative estimate of drug-likeness (QED) is 0.641. The summed E-state index contributed by atoms with van der Waals surface area (Å²) in [5.41, 5.74) is 2.03. The van der Waals surface area contributed by atoms with Crippen molar-refractivity contribution >= 4 is 29.3 Å². The number of rotatable bonds is 6. The fraction of sp³-hybridized carbons (Fsp3) is 0.158. The Bertz CT molecular complexity index is 956. The molecule has 2 amide bonds. The molecule has 7 nitrogen and oxygen atoms in total. The summed E-state index contributed by atoms with van der Waals surface area (Å²) < 4.78 is 1.86. The summed E-state index contributed by atoms with van der Waals surface area (Å²) in [5.74, 6) is 0.549. The third-order valence-corrected chi connectivity index (χ3v) is 4.86. The largest absolute Gasteiger partial charge is 0.355 e. The average molecular weight is 381 g/mol. The van der Waals surface area contributed by atoms with E-state index in [-0.39, 0.29) is 17.6 Å². The van der Waals surface area contributed by atoms with Gasteiger partial charge in [0, 0.05) is 30.9 Å². The van der Waals surface area contributed by atoms with Crippen molar-refractivity contribution in [2.45, 2.75) is 5.16 Å². The zero-order valence-corrected chi connectivity index (χ0v) is 15.8. The number of benzene rings is 2. The molecule has 0 aliphatic carbocycles. The minimum Gasteiger partial charge on any atom is -0.355 e. The molecule has 8 heteroatoms. The van der Waals surface area contributed by atoms with Crippen LogP contribution in [0, 0.1) is 0 Å². The van der Waals surface area contributed by atoms with E-state index < -0.39 is 0 Å². The van der Waals surface area contributed by atoms with Crippen molar-refractivity contribution in [2.24, 2.45) is 7.05 Å². The van der Waals surface area contributed by atoms with Crippen LogP contribution in [0.15, 0.2) is 59.8 Å². The van der Waals surface area contributed by atoms with Gasteiger partial charge in [0.15, 0.2) is 11.0 Å². The number of thioether (sulfide) groups is 1. The maximum atomic E-state index is 12.2. The first-order valence-electron chi connectivity index (χ1n) is 8.28. The van der Waals surface area contributed by atoms with E-state index in [9.17, 15) is 9.59 Å². The number of aromatic nitrogens is 3. The molecule has 1 heterocycles. The Kier molecular flexibility index (Phi) is 5.87. The van der Waals surface area contributed by atoms with Gasteiger partial charge in [0.25, 0.3) is 5.91 Å². The normalized spacial score (nSPS) is 10.4. The Hall–Kier alpha value is -3.13. The molecule has 0 aliphatic heterocycles. The molecule has 0 radical (unpaired) electrons. The van der Waals surface area contributed by atoms with Crippen molar-refractivity contribution in [1.82, 2.24) is 20.1 Å². The minimum absolute atomic E-state index is 0.182. The molecule has 138 valence electrons. The molecule has 0 spiro atoms. The lowest BCUT2D eigenvalue weighted by Crippen LogP contribution is -2.19. The van der Waals surface area contributed by atoms with E-state index in [0.29, 0.717) is 16.4 Å². The van der Waals surface area contributed by atoms with Gasteiger partial charge >= 0.3 is 0 Å². The topological polar surface area (TPSA) is 88.9 Å². The Labute approximate surface area is 161 Å². The number of anilines is 1. The molecule has 2 aromatic carbocycles. The molecular formula is C19H19N5O2S. The van der Waals surface area contributed by atoms with E-state index in [4.69, 9.17) is 0 Å². The van der Waals surface area contributed by atoms with Crippen LogP contribution in [0.5, 0.6) is 0 Å². The second-order valence-corrected chi connectivity index (χ2v) is 6.67. The molecule has 0 bridgehead atoms. The van der Waals surface area contributed by atoms with Crippen molar-refractivity contribution < 1.29 is 9.59 Å². The predicted molar refractivity (Wildman–Crippen MR) is 106 cm³/mol. The lowest BCUT2D eigenvalue weighted by atomic mass is 10.2. The molecule has 0 saturated heterocycles. The van der Waals surface area contributed by atoms with Gasteiger partial charge in [-0.1, -0.05) is 48.2 Å². The highest BCUT2D eigenvalue weighted by molar-refractivity contribution is 7.99. The number of amides is 2. The molecule has 3 aromatic rings. The lowest BCUT2D eigenvalue weighted by Gasteiger charge is -2.07. The van der Waals surface area contributed by atoms with Crippen LogP contribution in [0.4, 0.5) is 5.69 Å². The molecule has 0 fully saturated rings. The second-order valence-electron chi connectivity index (χ2n) is 5.73. The molecule has 0 unspecified atom stereocenters. The van der Waals surface area contributed by atoms with E-state index in [1.807, 2.05) is 41.9 Å². The third-order valence-electron chi connectivity index (χ3n) is 3.83. The summed E-state index contributed by atoms with van der Waals surface area (Å²) in [6, 6.07) is 16.5. The SMILES string of the molecule is CNC(=O)c1cccc(NC(=O)CSc2nnc(-c3ccccc3)n2C)c1. The third kappa shape index (κ3) is 4.53. The van der Waals surface area contributed by atoms with Crippen LogP contribution in [-0.2, 0) is 11.8 Å². The number of nitrogens with one attached hydrogen (secondary N) is 2. The molecular weight excluding hydrogens is 362 g/mol. The highest BCUT2D eigenvalue weighted by atomic mass is 32.2. The Balaban J connectivity index is 1.62. The number of hydrogen-bond donors (Lipinski definition) is 2. The fourth-order valence-corrected chi connectivity index (χ4v) is 3.20. The highest BCUT2D eigenvalue weighted by Gasteiger charge is 2.13. The first-order chi connectivity index (χ1) is 13.1. The van der Waals surface area contributed by atoms with E-state index in [1.165, 1.54) is 11.8 Å². The van der Waals surface area contributed by atoms with E-state index in [0.717, 1.165) is 11.4 Å². The van der Waals surface area contributed by atoms with Crippen LogP contribution in [-0.4, -0.2) is 39.4 Å². The van der Waals surface area contributed by atoms with Gasteiger partial charge in [-0.2, -0.15) is 0 Å². The first kappa shape index (κ1) is 18.7. The predicted octanol–water partition coefficient (Wildman–Crippen LogP) is 2.57. The smallest absolute Gasteiger partial charge is 0.251 e. The van der Waals surface area contributed by atoms with Crippen LogP contribution in [0.25, 0.3) is 11.4 Å². The number of hydrogen-bond acceptors (Lipinski definition) is 5. The van der Waals surface area contributed by atoms with Gasteiger partial charge in [-0.15, -0.1) is 10.2 Å². The van der Waals surface area contributed by atoms with Gasteiger partial charge in [0.05, 0.1) is 5.75 Å². The lowest BCUT2D eigenvalue weighted by molar-refractivity contribution is -0.113. The maximum absolute atomic E-state index is 12.2. The van der Waals surface area contributed by atoms with Crippen LogP contribution in [0.2, 0.25) is 0 Å². The maximum Gasteiger partial charge on any atom is 0.251 e. The van der Waals surface area contributed by atoms with Crippen LogP contribution in [0.1, 0.15) is 10.4 Å². The minimum atomic E-state index is -0.201. The van der Waals surface area contributed by atoms with Gasteiger partial charge in [-0.05, 0) is 18.2 Å². The summed E-state index contributed by atoms with van der Waals surface area (Å²) in [4.78, 5) is 23.9. The Morgan fingerprint density at radius 1 is 1.07 bits per heavy atom. The Morgan fingerprint density at radius 3 is 2.59 bits per heavy atom. The molecule has 3 rings (SSSR count). The summed E-state index contributed by atoms with van der Waals surface area (Å²) in [5, 5.41) is 14.4. The van der Waals surface area contributed by atoms with E-state index in [1.54, 1.807) is 31.3 Å². The number of carbonyl (C=O) groups is 2. The summed E-state index contributed by atoms with van der Waals surface area (Å²) in [6.07, 6.45) is 0. The average Bonchev–Trinajstić information content (AvgIpc) is 3.07. The van der Waals surface area contributed by atoms with E-state index in [2.05, 4.69) is 20.8 Å². The van der Waals surface area contributed by atoms with E-state index >= 15 is 0 Å². The van der Waals surface area contributed by atoms with Gasteiger partial charge in [0.1, 0.15) is 0 Å². The molecule has 27 heavy (non-hydrogen) atoms. The Morgan fingerprint density at radius 2 is 1.85 bits per heavy atom. The highest BCUT2D eigenvalue weighted by Crippen LogP contribution is 2.22. The van der Waals surface area contributed by atoms with Gasteiger partial charge in [-0.3, -0.25) is 9.59 Å². The number of nitrogens with zero attached hydrogens (tertiary/aromatic N) is 3. The van der Waals surface area contributed by atoms with Gasteiger partial charge in [-0.25, -0.2) is 0 Å². The standard InChI is InChI=1S/C19H19N5O2S/c1-20-18(26)14-9-6-10-15(11-14)21-16(25)12-27-19-23-22-17(24(19)2)13-7-4-3-5-8-13/h3-11H,12H2,1-2H3,(H,20,26)(H,21,25). The molecule has 1 aromatic heterocycles. The summed E-state index contributed by atoms with van der Waals surface area (Å²) in [7, 11) is 3.43. The summed E-state index contributed by atoms with van der Waals surface area (Å²) >= 11 is 1.30. The fourth-order valence-electron chi connectivity index (χ4n) is 2.49. The molecule has 0 aliphatic rings. The van der Waals surface area contributed by atoms with Crippen LogP contribution < -0.4 is 10.6 Å².